The Labute approximate surface area is 171 Å². The molecule has 2 fully saturated rings. The number of carbonyl (C=O) groups excluding carboxylic acids is 1. The number of phenols is 1. The zero-order valence-electron chi connectivity index (χ0n) is 16.7. The molecule has 28 heavy (non-hydrogen) atoms. The minimum Gasteiger partial charge on any atom is -0.503 e. The van der Waals surface area contributed by atoms with E-state index in [9.17, 15) is 9.90 Å². The van der Waals surface area contributed by atoms with Crippen LogP contribution in [0.25, 0.3) is 0 Å². The summed E-state index contributed by atoms with van der Waals surface area (Å²) in [6, 6.07) is 4.15. The number of phenolic OH excluding ortho intramolecular Hbond substituents is 1. The van der Waals surface area contributed by atoms with E-state index in [2.05, 4.69) is 9.80 Å². The Morgan fingerprint density at radius 1 is 1.25 bits per heavy atom. The minimum absolute atomic E-state index is 0.0103. The summed E-state index contributed by atoms with van der Waals surface area (Å²) in [7, 11) is 1.53. The fourth-order valence-corrected chi connectivity index (χ4v) is 4.32. The second-order valence-corrected chi connectivity index (χ2v) is 7.79. The maximum atomic E-state index is 11.9. The van der Waals surface area contributed by atoms with E-state index in [0.717, 1.165) is 57.8 Å². The molecule has 1 N–H and O–H groups in total. The number of ether oxygens (including phenoxy) is 2. The van der Waals surface area contributed by atoms with Gasteiger partial charge >= 0.3 is 6.09 Å². The van der Waals surface area contributed by atoms with Gasteiger partial charge in [-0.1, -0.05) is 11.6 Å². The number of hydrogen-bond acceptors (Lipinski definition) is 6. The molecule has 1 amide bonds. The molecule has 2 aliphatic heterocycles. The lowest BCUT2D eigenvalue weighted by atomic mass is 10.0. The molecule has 8 heteroatoms. The first-order valence-electron chi connectivity index (χ1n) is 9.95. The van der Waals surface area contributed by atoms with Gasteiger partial charge in [-0.05, 0) is 44.0 Å². The van der Waals surface area contributed by atoms with Crippen LogP contribution in [0, 0.1) is 0 Å². The number of benzene rings is 1. The number of piperidine rings is 1. The number of nitrogens with zero attached hydrogens (tertiary/aromatic N) is 3. The van der Waals surface area contributed by atoms with Crippen molar-refractivity contribution in [2.24, 2.45) is 0 Å². The van der Waals surface area contributed by atoms with Gasteiger partial charge in [-0.3, -0.25) is 9.80 Å². The molecule has 0 spiro atoms. The normalized spacial score (nSPS) is 21.5. The van der Waals surface area contributed by atoms with Crippen LogP contribution in [-0.2, 0) is 11.3 Å². The number of methoxy groups -OCH3 is 1. The molecule has 2 aliphatic rings. The number of hydrogen-bond donors (Lipinski definition) is 1. The van der Waals surface area contributed by atoms with E-state index in [0.29, 0.717) is 23.4 Å². The number of amides is 1. The maximum absolute atomic E-state index is 11.9. The van der Waals surface area contributed by atoms with Gasteiger partial charge < -0.3 is 19.5 Å². The van der Waals surface area contributed by atoms with Gasteiger partial charge in [0, 0.05) is 45.3 Å². The lowest BCUT2D eigenvalue weighted by molar-refractivity contribution is 0.0412. The first-order chi connectivity index (χ1) is 13.5. The lowest BCUT2D eigenvalue weighted by Gasteiger charge is -2.43. The van der Waals surface area contributed by atoms with Gasteiger partial charge in [-0.15, -0.1) is 0 Å². The zero-order valence-corrected chi connectivity index (χ0v) is 17.5. The van der Waals surface area contributed by atoms with Crippen molar-refractivity contribution >= 4 is 17.7 Å². The van der Waals surface area contributed by atoms with Gasteiger partial charge in [0.2, 0.25) is 0 Å². The predicted octanol–water partition coefficient (Wildman–Crippen LogP) is 2.79. The summed E-state index contributed by atoms with van der Waals surface area (Å²) in [4.78, 5) is 18.6. The minimum atomic E-state index is -0.203. The molecule has 1 atom stereocenters. The van der Waals surface area contributed by atoms with E-state index in [1.54, 1.807) is 11.0 Å². The average molecular weight is 412 g/mol. The van der Waals surface area contributed by atoms with Crippen LogP contribution in [0.1, 0.15) is 25.3 Å². The van der Waals surface area contributed by atoms with Crippen molar-refractivity contribution in [2.45, 2.75) is 32.4 Å². The largest absolute Gasteiger partial charge is 0.503 e. The molecule has 0 aliphatic carbocycles. The summed E-state index contributed by atoms with van der Waals surface area (Å²) in [5, 5.41) is 10.2. The Balaban J connectivity index is 1.55. The Bertz CT molecular complexity index is 680. The van der Waals surface area contributed by atoms with Crippen LogP contribution < -0.4 is 4.74 Å². The van der Waals surface area contributed by atoms with Crippen molar-refractivity contribution in [2.75, 3.05) is 53.0 Å². The predicted molar refractivity (Wildman–Crippen MR) is 108 cm³/mol. The molecule has 0 saturated carbocycles. The summed E-state index contributed by atoms with van der Waals surface area (Å²) in [6.07, 6.45) is 2.12. The maximum Gasteiger partial charge on any atom is 0.409 e. The number of rotatable bonds is 5. The quantitative estimate of drug-likeness (QED) is 0.803. The molecule has 1 aromatic carbocycles. The van der Waals surface area contributed by atoms with Gasteiger partial charge in [-0.2, -0.15) is 0 Å². The van der Waals surface area contributed by atoms with Crippen LogP contribution in [0.15, 0.2) is 12.1 Å². The summed E-state index contributed by atoms with van der Waals surface area (Å²) >= 11 is 6.13. The fourth-order valence-electron chi connectivity index (χ4n) is 4.09. The molecule has 0 radical (unpaired) electrons. The third-order valence-electron chi connectivity index (χ3n) is 5.55. The Kier molecular flexibility index (Phi) is 7.26. The van der Waals surface area contributed by atoms with E-state index in [1.807, 2.05) is 13.0 Å². The number of likely N-dealkylation sites (tertiary alicyclic amines) is 1. The van der Waals surface area contributed by atoms with Crippen molar-refractivity contribution in [1.82, 2.24) is 14.7 Å². The van der Waals surface area contributed by atoms with Crippen LogP contribution in [0.3, 0.4) is 0 Å². The third kappa shape index (κ3) is 5.01. The molecule has 1 unspecified atom stereocenters. The first kappa shape index (κ1) is 21.0. The topological polar surface area (TPSA) is 65.5 Å². The SMILES string of the molecule is CCOC(=O)N1CCN(C2CCCN(Cc3cc(Cl)c(O)c(OC)c3)C2)CC1. The molecule has 0 aromatic heterocycles. The first-order valence-corrected chi connectivity index (χ1v) is 10.3. The monoisotopic (exact) mass is 411 g/mol. The van der Waals surface area contributed by atoms with Crippen LogP contribution in [0.4, 0.5) is 4.79 Å². The van der Waals surface area contributed by atoms with Gasteiger partial charge in [0.1, 0.15) is 0 Å². The van der Waals surface area contributed by atoms with Crippen LogP contribution in [0.2, 0.25) is 5.02 Å². The van der Waals surface area contributed by atoms with E-state index in [4.69, 9.17) is 21.1 Å². The van der Waals surface area contributed by atoms with Crippen molar-refractivity contribution in [3.05, 3.63) is 22.7 Å². The van der Waals surface area contributed by atoms with E-state index < -0.39 is 0 Å². The van der Waals surface area contributed by atoms with Crippen molar-refractivity contribution in [3.8, 4) is 11.5 Å². The Hall–Kier alpha value is -1.70. The number of halogens is 1. The van der Waals surface area contributed by atoms with Gasteiger partial charge in [0.05, 0.1) is 18.7 Å². The van der Waals surface area contributed by atoms with E-state index in [1.165, 1.54) is 13.5 Å². The van der Waals surface area contributed by atoms with Gasteiger partial charge in [0.15, 0.2) is 11.5 Å². The van der Waals surface area contributed by atoms with Crippen LogP contribution in [-0.4, -0.2) is 84.9 Å². The third-order valence-corrected chi connectivity index (χ3v) is 5.84. The average Bonchev–Trinajstić information content (AvgIpc) is 2.71. The molecule has 1 aromatic rings. The van der Waals surface area contributed by atoms with Crippen molar-refractivity contribution in [1.29, 1.82) is 0 Å². The highest BCUT2D eigenvalue weighted by molar-refractivity contribution is 6.32. The second kappa shape index (κ2) is 9.67. The van der Waals surface area contributed by atoms with Crippen molar-refractivity contribution in [3.63, 3.8) is 0 Å². The number of piperazine rings is 1. The van der Waals surface area contributed by atoms with Crippen molar-refractivity contribution < 1.29 is 19.4 Å². The molecule has 2 saturated heterocycles. The smallest absolute Gasteiger partial charge is 0.409 e. The van der Waals surface area contributed by atoms with E-state index in [-0.39, 0.29) is 11.8 Å². The molecule has 0 bridgehead atoms. The highest BCUT2D eigenvalue weighted by Crippen LogP contribution is 2.35. The lowest BCUT2D eigenvalue weighted by Crippen LogP contribution is -2.55. The molecule has 3 rings (SSSR count). The van der Waals surface area contributed by atoms with Crippen LogP contribution >= 0.6 is 11.6 Å². The van der Waals surface area contributed by atoms with Gasteiger partial charge in [0.25, 0.3) is 0 Å². The van der Waals surface area contributed by atoms with Crippen LogP contribution in [0.5, 0.6) is 11.5 Å². The number of aromatic hydroxyl groups is 1. The summed E-state index contributed by atoms with van der Waals surface area (Å²) in [5.41, 5.74) is 1.03. The Morgan fingerprint density at radius 2 is 2.00 bits per heavy atom. The van der Waals surface area contributed by atoms with Gasteiger partial charge in [-0.25, -0.2) is 4.79 Å². The summed E-state index contributed by atoms with van der Waals surface area (Å²) in [6.45, 7) is 8.27. The fraction of sp³-hybridized carbons (Fsp3) is 0.650. The molecule has 156 valence electrons. The van der Waals surface area contributed by atoms with E-state index >= 15 is 0 Å². The highest BCUT2D eigenvalue weighted by atomic mass is 35.5. The summed E-state index contributed by atoms with van der Waals surface area (Å²) < 4.78 is 10.3. The highest BCUT2D eigenvalue weighted by Gasteiger charge is 2.30. The zero-order chi connectivity index (χ0) is 20.1. The molecule has 2 heterocycles. The number of carbonyl (C=O) groups is 1. The molecule has 7 nitrogen and oxygen atoms in total. The summed E-state index contributed by atoms with van der Waals surface area (Å²) in [5.74, 6) is 0.398. The molecular formula is C20H30ClN3O4. The Morgan fingerprint density at radius 3 is 2.68 bits per heavy atom. The molecular weight excluding hydrogens is 382 g/mol. The second-order valence-electron chi connectivity index (χ2n) is 7.38. The standard InChI is InChI=1S/C20H30ClN3O4/c1-3-28-20(26)24-9-7-23(8-10-24)16-5-4-6-22(14-16)13-15-11-17(21)19(25)18(12-15)27-2/h11-12,16,25H,3-10,13-14H2,1-2H3.